The van der Waals surface area contributed by atoms with E-state index in [-0.39, 0.29) is 14.9 Å². The van der Waals surface area contributed by atoms with Gasteiger partial charge in [0.15, 0.2) is 26.6 Å². The molecule has 30 heavy (non-hydrogen) atoms. The van der Waals surface area contributed by atoms with Crippen molar-refractivity contribution >= 4 is 49.5 Å². The quantitative estimate of drug-likeness (QED) is 0.462. The van der Waals surface area contributed by atoms with Gasteiger partial charge in [-0.05, 0) is 43.2 Å². The number of aromatic nitrogens is 1. The van der Waals surface area contributed by atoms with Gasteiger partial charge in [0.05, 0.1) is 25.9 Å². The molecular formula is C20H16Cl2F2N2O2S2. The summed E-state index contributed by atoms with van der Waals surface area (Å²) in [6, 6.07) is 8.27. The first-order valence-electron chi connectivity index (χ1n) is 9.11. The Labute approximate surface area is 187 Å². The Balaban J connectivity index is 1.48. The summed E-state index contributed by atoms with van der Waals surface area (Å²) in [5.74, 6) is -1.83. The first-order chi connectivity index (χ1) is 14.3. The molecule has 2 aromatic carbocycles. The molecule has 0 spiro atoms. The second-order valence-corrected chi connectivity index (χ2v) is 10.7. The predicted octanol–water partition coefficient (Wildman–Crippen LogP) is 5.84. The van der Waals surface area contributed by atoms with E-state index in [2.05, 4.69) is 4.98 Å². The Kier molecular flexibility index (Phi) is 6.03. The molecular weight excluding hydrogens is 473 g/mol. The molecule has 0 atom stereocenters. The zero-order valence-electron chi connectivity index (χ0n) is 15.5. The second-order valence-electron chi connectivity index (χ2n) is 6.93. The molecule has 1 fully saturated rings. The summed E-state index contributed by atoms with van der Waals surface area (Å²) in [6.07, 6.45) is 0.844. The molecule has 10 heteroatoms. The Morgan fingerprint density at radius 1 is 1.07 bits per heavy atom. The van der Waals surface area contributed by atoms with Gasteiger partial charge in [-0.2, -0.15) is 0 Å². The minimum absolute atomic E-state index is 0.0534. The molecule has 0 aliphatic carbocycles. The van der Waals surface area contributed by atoms with Crippen molar-refractivity contribution in [3.05, 3.63) is 63.5 Å². The molecule has 1 aliphatic rings. The van der Waals surface area contributed by atoms with Gasteiger partial charge in [-0.3, -0.25) is 0 Å². The summed E-state index contributed by atoms with van der Waals surface area (Å²) in [5, 5.41) is 2.19. The average Bonchev–Trinajstić information content (AvgIpc) is 3.22. The monoisotopic (exact) mass is 488 g/mol. The Hall–Kier alpha value is -1.74. The molecule has 4 nitrogen and oxygen atoms in total. The zero-order valence-corrected chi connectivity index (χ0v) is 18.6. The first kappa shape index (κ1) is 21.5. The van der Waals surface area contributed by atoms with Gasteiger partial charge < -0.3 is 4.90 Å². The van der Waals surface area contributed by atoms with Gasteiger partial charge in [0.1, 0.15) is 0 Å². The minimum Gasteiger partial charge on any atom is -0.348 e. The number of benzene rings is 2. The van der Waals surface area contributed by atoms with E-state index in [9.17, 15) is 17.2 Å². The number of hydrogen-bond acceptors (Lipinski definition) is 5. The lowest BCUT2D eigenvalue weighted by molar-refractivity contribution is 0.509. The third-order valence-electron chi connectivity index (χ3n) is 5.08. The highest BCUT2D eigenvalue weighted by molar-refractivity contribution is 7.92. The summed E-state index contributed by atoms with van der Waals surface area (Å²) in [5.41, 5.74) is 1.04. The molecule has 0 saturated carbocycles. The van der Waals surface area contributed by atoms with Crippen molar-refractivity contribution in [2.45, 2.75) is 23.0 Å². The van der Waals surface area contributed by atoms with E-state index in [1.807, 2.05) is 4.90 Å². The second kappa shape index (κ2) is 8.42. The zero-order chi connectivity index (χ0) is 21.5. The van der Waals surface area contributed by atoms with Crippen molar-refractivity contribution in [2.75, 3.05) is 18.0 Å². The van der Waals surface area contributed by atoms with E-state index in [0.717, 1.165) is 12.1 Å². The van der Waals surface area contributed by atoms with Crippen LogP contribution in [0.3, 0.4) is 0 Å². The highest BCUT2D eigenvalue weighted by Gasteiger charge is 2.33. The van der Waals surface area contributed by atoms with Gasteiger partial charge in [-0.1, -0.05) is 29.3 Å². The largest absolute Gasteiger partial charge is 0.348 e. The molecule has 0 N–H and O–H groups in total. The van der Waals surface area contributed by atoms with Crippen LogP contribution in [0, 0.1) is 11.6 Å². The third kappa shape index (κ3) is 4.06. The van der Waals surface area contributed by atoms with Crippen LogP contribution < -0.4 is 4.90 Å². The standard InChI is InChI=1S/C20H16Cl2F2N2O2S2/c21-14-2-1-3-18(19(14)22)30(27,28)13-6-8-26(9-7-13)20-25-17(11-29-20)12-4-5-15(23)16(24)10-12/h1-5,10-11,13H,6-9H2. The van der Waals surface area contributed by atoms with Gasteiger partial charge >= 0.3 is 0 Å². The van der Waals surface area contributed by atoms with Crippen LogP contribution in [-0.2, 0) is 9.84 Å². The van der Waals surface area contributed by atoms with Crippen molar-refractivity contribution in [2.24, 2.45) is 0 Å². The number of halogens is 4. The Morgan fingerprint density at radius 2 is 1.80 bits per heavy atom. The number of hydrogen-bond donors (Lipinski definition) is 0. The highest BCUT2D eigenvalue weighted by atomic mass is 35.5. The fourth-order valence-corrected chi connectivity index (χ4v) is 6.82. The third-order valence-corrected chi connectivity index (χ3v) is 9.22. The fraction of sp³-hybridized carbons (Fsp3) is 0.250. The lowest BCUT2D eigenvalue weighted by Crippen LogP contribution is -2.39. The van der Waals surface area contributed by atoms with E-state index in [1.165, 1.54) is 23.5 Å². The molecule has 1 saturated heterocycles. The summed E-state index contributed by atoms with van der Waals surface area (Å²) >= 11 is 13.5. The molecule has 158 valence electrons. The topological polar surface area (TPSA) is 50.3 Å². The molecule has 3 aromatic rings. The Morgan fingerprint density at radius 3 is 2.50 bits per heavy atom. The summed E-state index contributed by atoms with van der Waals surface area (Å²) in [7, 11) is -3.60. The minimum atomic E-state index is -3.60. The van der Waals surface area contributed by atoms with Crippen molar-refractivity contribution < 1.29 is 17.2 Å². The van der Waals surface area contributed by atoms with Crippen LogP contribution in [-0.4, -0.2) is 31.7 Å². The van der Waals surface area contributed by atoms with Crippen molar-refractivity contribution in [3.8, 4) is 11.3 Å². The van der Waals surface area contributed by atoms with Gasteiger partial charge in [0.25, 0.3) is 0 Å². The van der Waals surface area contributed by atoms with Crippen molar-refractivity contribution in [1.29, 1.82) is 0 Å². The lowest BCUT2D eigenvalue weighted by Gasteiger charge is -2.31. The van der Waals surface area contributed by atoms with Gasteiger partial charge in [0, 0.05) is 24.0 Å². The van der Waals surface area contributed by atoms with Crippen LogP contribution in [0.5, 0.6) is 0 Å². The van der Waals surface area contributed by atoms with Crippen LogP contribution in [0.1, 0.15) is 12.8 Å². The Bertz CT molecular complexity index is 1190. The molecule has 4 rings (SSSR count). The van der Waals surface area contributed by atoms with E-state index >= 15 is 0 Å². The van der Waals surface area contributed by atoms with Crippen LogP contribution in [0.25, 0.3) is 11.3 Å². The van der Waals surface area contributed by atoms with Crippen LogP contribution in [0.4, 0.5) is 13.9 Å². The predicted molar refractivity (Wildman–Crippen MR) is 116 cm³/mol. The number of anilines is 1. The molecule has 2 heterocycles. The number of thiazole rings is 1. The van der Waals surface area contributed by atoms with Gasteiger partial charge in [0.2, 0.25) is 0 Å². The number of piperidine rings is 1. The summed E-state index contributed by atoms with van der Waals surface area (Å²) in [6.45, 7) is 1.01. The lowest BCUT2D eigenvalue weighted by atomic mass is 10.1. The van der Waals surface area contributed by atoms with E-state index in [0.29, 0.717) is 42.3 Å². The maximum atomic E-state index is 13.5. The number of sulfone groups is 1. The summed E-state index contributed by atoms with van der Waals surface area (Å²) in [4.78, 5) is 6.57. The van der Waals surface area contributed by atoms with Crippen LogP contribution in [0.2, 0.25) is 10.0 Å². The molecule has 0 bridgehead atoms. The van der Waals surface area contributed by atoms with E-state index < -0.39 is 26.7 Å². The molecule has 0 unspecified atom stereocenters. The number of rotatable bonds is 4. The smallest absolute Gasteiger partial charge is 0.185 e. The molecule has 0 amide bonds. The highest BCUT2D eigenvalue weighted by Crippen LogP contribution is 2.35. The van der Waals surface area contributed by atoms with E-state index in [1.54, 1.807) is 17.5 Å². The number of nitrogens with zero attached hydrogens (tertiary/aromatic N) is 2. The van der Waals surface area contributed by atoms with Crippen molar-refractivity contribution in [1.82, 2.24) is 4.98 Å². The maximum absolute atomic E-state index is 13.5. The van der Waals surface area contributed by atoms with Crippen molar-refractivity contribution in [3.63, 3.8) is 0 Å². The molecule has 1 aliphatic heterocycles. The van der Waals surface area contributed by atoms with Gasteiger partial charge in [-0.15, -0.1) is 11.3 Å². The summed E-state index contributed by atoms with van der Waals surface area (Å²) < 4.78 is 52.7. The first-order valence-corrected chi connectivity index (χ1v) is 12.3. The van der Waals surface area contributed by atoms with Gasteiger partial charge in [-0.25, -0.2) is 22.2 Å². The maximum Gasteiger partial charge on any atom is 0.185 e. The fourth-order valence-electron chi connectivity index (χ4n) is 3.44. The van der Waals surface area contributed by atoms with Crippen LogP contribution in [0.15, 0.2) is 46.7 Å². The van der Waals surface area contributed by atoms with Crippen LogP contribution >= 0.6 is 34.5 Å². The molecule has 1 aromatic heterocycles. The average molecular weight is 489 g/mol. The molecule has 0 radical (unpaired) electrons. The van der Waals surface area contributed by atoms with E-state index in [4.69, 9.17) is 23.2 Å². The SMILES string of the molecule is O=S(=O)(c1cccc(Cl)c1Cl)C1CCN(c2nc(-c3ccc(F)c(F)c3)cs2)CC1. The normalized spacial score (nSPS) is 15.5.